The number of hydrogen-bond donors (Lipinski definition) is 1. The largest absolute Gasteiger partial charge is 0.379 e. The van der Waals surface area contributed by atoms with Gasteiger partial charge in [0, 0.05) is 6.61 Å². The Morgan fingerprint density at radius 3 is 2.69 bits per heavy atom. The summed E-state index contributed by atoms with van der Waals surface area (Å²) in [6.07, 6.45) is 5.51. The molecule has 2 heteroatoms. The predicted molar refractivity (Wildman–Crippen MR) is 55.9 cm³/mol. The van der Waals surface area contributed by atoms with E-state index in [9.17, 15) is 0 Å². The highest BCUT2D eigenvalue weighted by Gasteiger charge is 2.12. The molecule has 0 aromatic rings. The fourth-order valence-corrected chi connectivity index (χ4v) is 1.72. The van der Waals surface area contributed by atoms with E-state index in [-0.39, 0.29) is 0 Å². The molecule has 0 aromatic heterocycles. The highest BCUT2D eigenvalue weighted by atomic mass is 16.5. The van der Waals surface area contributed by atoms with Crippen molar-refractivity contribution in [3.63, 3.8) is 0 Å². The summed E-state index contributed by atoms with van der Waals surface area (Å²) in [5.41, 5.74) is 0. The Labute approximate surface area is 82.0 Å². The van der Waals surface area contributed by atoms with Crippen LogP contribution in [0.3, 0.4) is 0 Å². The molecular formula is C11H23NO. The average Bonchev–Trinajstić information content (AvgIpc) is 2.19. The highest BCUT2D eigenvalue weighted by molar-refractivity contribution is 4.68. The molecule has 0 spiro atoms. The maximum absolute atomic E-state index is 5.67. The Kier molecular flexibility index (Phi) is 5.40. The zero-order valence-electron chi connectivity index (χ0n) is 9.01. The van der Waals surface area contributed by atoms with Crippen LogP contribution in [0, 0.1) is 5.92 Å². The lowest BCUT2D eigenvalue weighted by molar-refractivity contribution is 0.0517. The van der Waals surface area contributed by atoms with Gasteiger partial charge in [0.05, 0.1) is 6.10 Å². The standard InChI is InChI=1S/C11H23NO/c1-3-10(2)13-9-6-11-4-7-12-8-5-11/h10-12H,3-9H2,1-2H3. The van der Waals surface area contributed by atoms with Crippen LogP contribution >= 0.6 is 0 Å². The molecule has 0 amide bonds. The van der Waals surface area contributed by atoms with Crippen molar-refractivity contribution in [2.24, 2.45) is 5.92 Å². The summed E-state index contributed by atoms with van der Waals surface area (Å²) in [5, 5.41) is 3.38. The molecule has 0 bridgehead atoms. The average molecular weight is 185 g/mol. The normalized spacial score (nSPS) is 21.7. The molecule has 1 unspecified atom stereocenters. The zero-order chi connectivity index (χ0) is 9.52. The van der Waals surface area contributed by atoms with E-state index in [0.717, 1.165) is 18.9 Å². The van der Waals surface area contributed by atoms with E-state index < -0.39 is 0 Å². The summed E-state index contributed by atoms with van der Waals surface area (Å²) in [6.45, 7) is 7.69. The van der Waals surface area contributed by atoms with Crippen LogP contribution in [0.15, 0.2) is 0 Å². The Balaban J connectivity index is 1.98. The number of ether oxygens (including phenoxy) is 1. The predicted octanol–water partition coefficient (Wildman–Crippen LogP) is 2.19. The topological polar surface area (TPSA) is 21.3 Å². The maximum Gasteiger partial charge on any atom is 0.0544 e. The fraction of sp³-hybridized carbons (Fsp3) is 1.00. The monoisotopic (exact) mass is 185 g/mol. The van der Waals surface area contributed by atoms with Gasteiger partial charge in [-0.3, -0.25) is 0 Å². The van der Waals surface area contributed by atoms with Crippen molar-refractivity contribution in [1.29, 1.82) is 0 Å². The third-order valence-electron chi connectivity index (χ3n) is 2.96. The van der Waals surface area contributed by atoms with E-state index in [2.05, 4.69) is 19.2 Å². The second-order valence-electron chi connectivity index (χ2n) is 4.07. The molecule has 1 heterocycles. The molecule has 2 nitrogen and oxygen atoms in total. The first-order valence-corrected chi connectivity index (χ1v) is 5.65. The van der Waals surface area contributed by atoms with Crippen molar-refractivity contribution in [1.82, 2.24) is 5.32 Å². The van der Waals surface area contributed by atoms with Gasteiger partial charge in [0.1, 0.15) is 0 Å². The van der Waals surface area contributed by atoms with E-state index >= 15 is 0 Å². The summed E-state index contributed by atoms with van der Waals surface area (Å²) in [6, 6.07) is 0. The number of hydrogen-bond acceptors (Lipinski definition) is 2. The van der Waals surface area contributed by atoms with Gasteiger partial charge in [0.2, 0.25) is 0 Å². The molecule has 1 atom stereocenters. The van der Waals surface area contributed by atoms with Crippen molar-refractivity contribution in [2.75, 3.05) is 19.7 Å². The zero-order valence-corrected chi connectivity index (χ0v) is 9.01. The van der Waals surface area contributed by atoms with E-state index in [1.165, 1.54) is 32.4 Å². The summed E-state index contributed by atoms with van der Waals surface area (Å²) < 4.78 is 5.67. The molecule has 13 heavy (non-hydrogen) atoms. The van der Waals surface area contributed by atoms with Gasteiger partial charge in [-0.1, -0.05) is 6.92 Å². The second-order valence-corrected chi connectivity index (χ2v) is 4.07. The van der Waals surface area contributed by atoms with Crippen molar-refractivity contribution in [3.8, 4) is 0 Å². The molecule has 0 radical (unpaired) electrons. The number of nitrogens with one attached hydrogen (secondary N) is 1. The van der Waals surface area contributed by atoms with Gasteiger partial charge < -0.3 is 10.1 Å². The van der Waals surface area contributed by atoms with Crippen molar-refractivity contribution in [3.05, 3.63) is 0 Å². The lowest BCUT2D eigenvalue weighted by Crippen LogP contribution is -2.28. The summed E-state index contributed by atoms with van der Waals surface area (Å²) >= 11 is 0. The quantitative estimate of drug-likeness (QED) is 0.709. The molecule has 1 N–H and O–H groups in total. The Bertz CT molecular complexity index is 121. The van der Waals surface area contributed by atoms with Crippen LogP contribution in [-0.4, -0.2) is 25.8 Å². The summed E-state index contributed by atoms with van der Waals surface area (Å²) in [5.74, 6) is 0.908. The van der Waals surface area contributed by atoms with Crippen LogP contribution in [0.4, 0.5) is 0 Å². The third kappa shape index (κ3) is 4.63. The number of piperidine rings is 1. The Hall–Kier alpha value is -0.0800. The van der Waals surface area contributed by atoms with Crippen LogP contribution < -0.4 is 5.32 Å². The second kappa shape index (κ2) is 6.39. The van der Waals surface area contributed by atoms with Gasteiger partial charge in [-0.2, -0.15) is 0 Å². The van der Waals surface area contributed by atoms with Gasteiger partial charge in [0.15, 0.2) is 0 Å². The maximum atomic E-state index is 5.67. The fourth-order valence-electron chi connectivity index (χ4n) is 1.72. The molecule has 0 aliphatic carbocycles. The van der Waals surface area contributed by atoms with E-state index in [4.69, 9.17) is 4.74 Å². The van der Waals surface area contributed by atoms with Crippen LogP contribution in [0.25, 0.3) is 0 Å². The van der Waals surface area contributed by atoms with E-state index in [1.54, 1.807) is 0 Å². The lowest BCUT2D eigenvalue weighted by Gasteiger charge is -2.23. The highest BCUT2D eigenvalue weighted by Crippen LogP contribution is 2.16. The van der Waals surface area contributed by atoms with Crippen molar-refractivity contribution in [2.45, 2.75) is 45.6 Å². The first-order valence-electron chi connectivity index (χ1n) is 5.65. The van der Waals surface area contributed by atoms with Gasteiger partial charge in [-0.25, -0.2) is 0 Å². The van der Waals surface area contributed by atoms with Crippen LogP contribution in [0.2, 0.25) is 0 Å². The van der Waals surface area contributed by atoms with E-state index in [0.29, 0.717) is 6.10 Å². The van der Waals surface area contributed by atoms with Crippen LogP contribution in [0.1, 0.15) is 39.5 Å². The molecule has 0 saturated carbocycles. The van der Waals surface area contributed by atoms with Crippen LogP contribution in [-0.2, 0) is 4.74 Å². The summed E-state index contributed by atoms with van der Waals surface area (Å²) in [4.78, 5) is 0. The van der Waals surface area contributed by atoms with Crippen molar-refractivity contribution >= 4 is 0 Å². The first-order chi connectivity index (χ1) is 6.33. The Morgan fingerprint density at radius 2 is 2.08 bits per heavy atom. The van der Waals surface area contributed by atoms with E-state index in [1.807, 2.05) is 0 Å². The first kappa shape index (κ1) is 11.0. The molecular weight excluding hydrogens is 162 g/mol. The SMILES string of the molecule is CCC(C)OCCC1CCNCC1. The van der Waals surface area contributed by atoms with Gasteiger partial charge in [-0.15, -0.1) is 0 Å². The molecule has 1 saturated heterocycles. The molecule has 0 aromatic carbocycles. The van der Waals surface area contributed by atoms with Gasteiger partial charge in [-0.05, 0) is 51.6 Å². The molecule has 78 valence electrons. The minimum absolute atomic E-state index is 0.446. The molecule has 1 aliphatic rings. The van der Waals surface area contributed by atoms with Crippen molar-refractivity contribution < 1.29 is 4.74 Å². The van der Waals surface area contributed by atoms with Gasteiger partial charge in [0.25, 0.3) is 0 Å². The minimum atomic E-state index is 0.446. The third-order valence-corrected chi connectivity index (χ3v) is 2.96. The van der Waals surface area contributed by atoms with Gasteiger partial charge >= 0.3 is 0 Å². The lowest BCUT2D eigenvalue weighted by atomic mass is 9.95. The molecule has 1 fully saturated rings. The molecule has 1 aliphatic heterocycles. The smallest absolute Gasteiger partial charge is 0.0544 e. The summed E-state index contributed by atoms with van der Waals surface area (Å²) in [7, 11) is 0. The Morgan fingerprint density at radius 1 is 1.38 bits per heavy atom. The molecule has 1 rings (SSSR count). The van der Waals surface area contributed by atoms with Crippen LogP contribution in [0.5, 0.6) is 0 Å². The number of rotatable bonds is 5. The minimum Gasteiger partial charge on any atom is -0.379 e.